The number of carboxylic acid groups (broad SMARTS) is 1. The summed E-state index contributed by atoms with van der Waals surface area (Å²) in [5, 5.41) is 12.2. The van der Waals surface area contributed by atoms with Crippen molar-refractivity contribution in [3.8, 4) is 0 Å². The van der Waals surface area contributed by atoms with Gasteiger partial charge in [-0.05, 0) is 49.4 Å². The summed E-state index contributed by atoms with van der Waals surface area (Å²) < 4.78 is 0. The average molecular weight is 311 g/mol. The second-order valence-corrected chi connectivity index (χ2v) is 5.74. The van der Waals surface area contributed by atoms with Gasteiger partial charge in [-0.2, -0.15) is 0 Å². The topological polar surface area (TPSA) is 69.6 Å². The number of nitrogens with one attached hydrogen (secondary N) is 1. The molecule has 1 saturated heterocycles. The molecule has 0 saturated carbocycles. The molecule has 0 spiro atoms. The first kappa shape index (κ1) is 15.6. The van der Waals surface area contributed by atoms with Crippen LogP contribution in [-0.4, -0.2) is 35.1 Å². The number of amides is 2. The van der Waals surface area contributed by atoms with Crippen molar-refractivity contribution in [1.82, 2.24) is 4.90 Å². The summed E-state index contributed by atoms with van der Waals surface area (Å²) in [5.41, 5.74) is 0.720. The van der Waals surface area contributed by atoms with Crippen LogP contribution in [0.3, 0.4) is 0 Å². The van der Waals surface area contributed by atoms with Crippen LogP contribution < -0.4 is 5.32 Å². The number of rotatable bonds is 4. The summed E-state index contributed by atoms with van der Waals surface area (Å²) in [7, 11) is 0. The predicted octanol–water partition coefficient (Wildman–Crippen LogP) is 3.45. The molecule has 1 aliphatic heterocycles. The van der Waals surface area contributed by atoms with Gasteiger partial charge >= 0.3 is 12.0 Å². The minimum Gasteiger partial charge on any atom is -0.481 e. The van der Waals surface area contributed by atoms with Gasteiger partial charge in [0.2, 0.25) is 0 Å². The van der Waals surface area contributed by atoms with Crippen molar-refractivity contribution in [1.29, 1.82) is 0 Å². The fourth-order valence-electron chi connectivity index (χ4n) is 2.49. The fourth-order valence-corrected chi connectivity index (χ4v) is 2.61. The molecule has 0 radical (unpaired) electrons. The number of anilines is 1. The van der Waals surface area contributed by atoms with E-state index in [0.717, 1.165) is 18.5 Å². The number of carbonyl (C=O) groups excluding carboxylic acids is 1. The highest BCUT2D eigenvalue weighted by Crippen LogP contribution is 2.22. The highest BCUT2D eigenvalue weighted by molar-refractivity contribution is 6.30. The highest BCUT2D eigenvalue weighted by atomic mass is 35.5. The quantitative estimate of drug-likeness (QED) is 0.895. The Kier molecular flexibility index (Phi) is 5.44. The number of halogens is 1. The molecular formula is C15H19ClN2O3. The third-order valence-electron chi connectivity index (χ3n) is 3.76. The molecule has 2 amide bonds. The van der Waals surface area contributed by atoms with Crippen molar-refractivity contribution < 1.29 is 14.7 Å². The van der Waals surface area contributed by atoms with Crippen LogP contribution in [-0.2, 0) is 4.79 Å². The van der Waals surface area contributed by atoms with Crippen molar-refractivity contribution in [3.05, 3.63) is 29.3 Å². The Morgan fingerprint density at radius 2 is 1.86 bits per heavy atom. The number of urea groups is 1. The summed E-state index contributed by atoms with van der Waals surface area (Å²) in [5.74, 6) is -0.349. The number of benzene rings is 1. The van der Waals surface area contributed by atoms with E-state index in [9.17, 15) is 9.59 Å². The van der Waals surface area contributed by atoms with Gasteiger partial charge in [-0.1, -0.05) is 11.6 Å². The van der Waals surface area contributed by atoms with Crippen LogP contribution in [0.15, 0.2) is 24.3 Å². The van der Waals surface area contributed by atoms with Crippen molar-refractivity contribution in [2.24, 2.45) is 5.92 Å². The van der Waals surface area contributed by atoms with Crippen LogP contribution in [0.5, 0.6) is 0 Å². The van der Waals surface area contributed by atoms with Crippen LogP contribution in [0.25, 0.3) is 0 Å². The molecule has 0 aliphatic carbocycles. The molecule has 5 nitrogen and oxygen atoms in total. The van der Waals surface area contributed by atoms with Crippen LogP contribution in [0.1, 0.15) is 25.7 Å². The van der Waals surface area contributed by atoms with Gasteiger partial charge in [0, 0.05) is 30.2 Å². The van der Waals surface area contributed by atoms with Crippen LogP contribution in [0.4, 0.5) is 10.5 Å². The van der Waals surface area contributed by atoms with Gasteiger partial charge in [0.1, 0.15) is 0 Å². The molecule has 1 heterocycles. The van der Waals surface area contributed by atoms with E-state index in [4.69, 9.17) is 16.7 Å². The third kappa shape index (κ3) is 4.93. The number of nitrogens with zero attached hydrogens (tertiary/aromatic N) is 1. The summed E-state index contributed by atoms with van der Waals surface area (Å²) in [6.45, 7) is 1.34. The first-order valence-corrected chi connectivity index (χ1v) is 7.45. The Morgan fingerprint density at radius 3 is 2.43 bits per heavy atom. The molecule has 0 atom stereocenters. The largest absolute Gasteiger partial charge is 0.481 e. The van der Waals surface area contributed by atoms with Gasteiger partial charge < -0.3 is 15.3 Å². The van der Waals surface area contributed by atoms with Gasteiger partial charge in [-0.25, -0.2) is 4.79 Å². The van der Waals surface area contributed by atoms with Crippen molar-refractivity contribution in [2.45, 2.75) is 25.7 Å². The fraction of sp³-hybridized carbons (Fsp3) is 0.467. The lowest BCUT2D eigenvalue weighted by atomic mass is 9.92. The number of likely N-dealkylation sites (tertiary alicyclic amines) is 1. The number of carbonyl (C=O) groups is 2. The molecule has 21 heavy (non-hydrogen) atoms. The maximum atomic E-state index is 12.1. The zero-order chi connectivity index (χ0) is 15.2. The van der Waals surface area contributed by atoms with Crippen LogP contribution >= 0.6 is 11.6 Å². The molecular weight excluding hydrogens is 292 g/mol. The standard InChI is InChI=1S/C15H19ClN2O3/c16-12-2-4-13(5-3-12)17-15(21)18-9-7-11(8-10-18)1-6-14(19)20/h2-5,11H,1,6-10H2,(H,17,21)(H,19,20). The van der Waals surface area contributed by atoms with E-state index in [1.165, 1.54) is 0 Å². The third-order valence-corrected chi connectivity index (χ3v) is 4.02. The highest BCUT2D eigenvalue weighted by Gasteiger charge is 2.23. The lowest BCUT2D eigenvalue weighted by Gasteiger charge is -2.31. The molecule has 1 aromatic rings. The Hall–Kier alpha value is -1.75. The molecule has 2 N–H and O–H groups in total. The summed E-state index contributed by atoms with van der Waals surface area (Å²) >= 11 is 5.80. The Morgan fingerprint density at radius 1 is 1.24 bits per heavy atom. The molecule has 0 unspecified atom stereocenters. The van der Waals surface area contributed by atoms with Crippen molar-refractivity contribution in [2.75, 3.05) is 18.4 Å². The molecule has 0 bridgehead atoms. The molecule has 0 aromatic heterocycles. The van der Waals surface area contributed by atoms with Crippen LogP contribution in [0.2, 0.25) is 5.02 Å². The van der Waals surface area contributed by atoms with Crippen molar-refractivity contribution >= 4 is 29.3 Å². The zero-order valence-corrected chi connectivity index (χ0v) is 12.5. The normalized spacial score (nSPS) is 15.8. The van der Waals surface area contributed by atoms with Gasteiger partial charge in [-0.3, -0.25) is 4.79 Å². The molecule has 2 rings (SSSR count). The van der Waals surface area contributed by atoms with E-state index >= 15 is 0 Å². The lowest BCUT2D eigenvalue weighted by molar-refractivity contribution is -0.137. The summed E-state index contributed by atoms with van der Waals surface area (Å²) in [6, 6.07) is 6.87. The Bertz CT molecular complexity index is 496. The molecule has 1 aliphatic rings. The van der Waals surface area contributed by atoms with E-state index in [0.29, 0.717) is 30.5 Å². The van der Waals surface area contributed by atoms with Gasteiger partial charge in [0.15, 0.2) is 0 Å². The van der Waals surface area contributed by atoms with Gasteiger partial charge in [0.05, 0.1) is 0 Å². The van der Waals surface area contributed by atoms with E-state index in [1.807, 2.05) is 0 Å². The summed E-state index contributed by atoms with van der Waals surface area (Å²) in [6.07, 6.45) is 2.63. The second kappa shape index (κ2) is 7.31. The Labute approximate surface area is 128 Å². The predicted molar refractivity (Wildman–Crippen MR) is 81.6 cm³/mol. The number of hydrogen-bond acceptors (Lipinski definition) is 2. The van der Waals surface area contributed by atoms with E-state index in [-0.39, 0.29) is 12.5 Å². The molecule has 1 fully saturated rings. The maximum absolute atomic E-state index is 12.1. The smallest absolute Gasteiger partial charge is 0.321 e. The maximum Gasteiger partial charge on any atom is 0.321 e. The number of hydrogen-bond donors (Lipinski definition) is 2. The number of carboxylic acids is 1. The van der Waals surface area contributed by atoms with E-state index in [2.05, 4.69) is 5.32 Å². The monoisotopic (exact) mass is 310 g/mol. The van der Waals surface area contributed by atoms with Gasteiger partial charge in [-0.15, -0.1) is 0 Å². The van der Waals surface area contributed by atoms with E-state index in [1.54, 1.807) is 29.2 Å². The molecule has 1 aromatic carbocycles. The van der Waals surface area contributed by atoms with Crippen molar-refractivity contribution in [3.63, 3.8) is 0 Å². The van der Waals surface area contributed by atoms with Gasteiger partial charge in [0.25, 0.3) is 0 Å². The lowest BCUT2D eigenvalue weighted by Crippen LogP contribution is -2.41. The summed E-state index contributed by atoms with van der Waals surface area (Å²) in [4.78, 5) is 24.4. The van der Waals surface area contributed by atoms with Crippen LogP contribution in [0, 0.1) is 5.92 Å². The minimum absolute atomic E-state index is 0.117. The van der Waals surface area contributed by atoms with E-state index < -0.39 is 5.97 Å². The molecule has 6 heteroatoms. The molecule has 114 valence electrons. The number of aliphatic carboxylic acids is 1. The average Bonchev–Trinajstić information content (AvgIpc) is 2.48. The SMILES string of the molecule is O=C(O)CCC1CCN(C(=O)Nc2ccc(Cl)cc2)CC1. The zero-order valence-electron chi connectivity index (χ0n) is 11.7. The Balaban J connectivity index is 1.77. The second-order valence-electron chi connectivity index (χ2n) is 5.30. The first-order valence-electron chi connectivity index (χ1n) is 7.08. The number of piperidine rings is 1. The first-order chi connectivity index (χ1) is 10.0. The minimum atomic E-state index is -0.752.